The Morgan fingerprint density at radius 2 is 2.19 bits per heavy atom. The first-order valence-corrected chi connectivity index (χ1v) is 9.85. The minimum atomic E-state index is -0.0911. The van der Waals surface area contributed by atoms with Gasteiger partial charge >= 0.3 is 0 Å². The number of aromatic nitrogens is 4. The van der Waals surface area contributed by atoms with Crippen LogP contribution in [0.3, 0.4) is 0 Å². The van der Waals surface area contributed by atoms with Gasteiger partial charge in [-0.15, -0.1) is 11.3 Å². The molecule has 0 saturated heterocycles. The summed E-state index contributed by atoms with van der Waals surface area (Å²) in [4.78, 5) is 22.1. The number of aryl methyl sites for hydroxylation is 2. The van der Waals surface area contributed by atoms with E-state index in [2.05, 4.69) is 26.4 Å². The minimum Gasteiger partial charge on any atom is -0.328 e. The second-order valence-corrected chi connectivity index (χ2v) is 7.36. The van der Waals surface area contributed by atoms with Gasteiger partial charge in [0.1, 0.15) is 11.6 Å². The van der Waals surface area contributed by atoms with Gasteiger partial charge < -0.3 is 14.5 Å². The molecule has 0 bridgehead atoms. The molecular weight excluding hydrogens is 358 g/mol. The van der Waals surface area contributed by atoms with Crippen LogP contribution in [0.15, 0.2) is 48.1 Å². The van der Waals surface area contributed by atoms with Gasteiger partial charge in [-0.3, -0.25) is 4.79 Å². The van der Waals surface area contributed by atoms with Gasteiger partial charge in [0.2, 0.25) is 0 Å². The van der Waals surface area contributed by atoms with E-state index in [1.807, 2.05) is 48.8 Å². The van der Waals surface area contributed by atoms with E-state index in [9.17, 15) is 4.79 Å². The Morgan fingerprint density at radius 1 is 1.30 bits per heavy atom. The Bertz CT molecular complexity index is 1080. The summed E-state index contributed by atoms with van der Waals surface area (Å²) in [7, 11) is 0. The summed E-state index contributed by atoms with van der Waals surface area (Å²) in [5.74, 6) is 1.87. The van der Waals surface area contributed by atoms with Crippen molar-refractivity contribution in [1.29, 1.82) is 0 Å². The molecule has 4 aromatic rings. The zero-order chi connectivity index (χ0) is 18.8. The van der Waals surface area contributed by atoms with Gasteiger partial charge in [-0.05, 0) is 43.0 Å². The fraction of sp³-hybridized carbons (Fsp3) is 0.250. The van der Waals surface area contributed by atoms with Gasteiger partial charge in [-0.25, -0.2) is 9.97 Å². The van der Waals surface area contributed by atoms with Gasteiger partial charge in [-0.2, -0.15) is 0 Å². The fourth-order valence-electron chi connectivity index (χ4n) is 3.17. The largest absolute Gasteiger partial charge is 0.328 e. The number of imidazole rings is 2. The number of anilines is 1. The molecule has 0 fully saturated rings. The molecule has 1 amide bonds. The summed E-state index contributed by atoms with van der Waals surface area (Å²) in [6, 6.07) is 9.61. The van der Waals surface area contributed by atoms with E-state index in [1.54, 1.807) is 6.20 Å². The fourth-order valence-corrected chi connectivity index (χ4v) is 3.79. The standard InChI is InChI=1S/C20H21N5OS/c1-3-9-25-17-7-6-15(22-20(26)18-5-4-11-27-18)12-16(17)23-19(25)13-24-10-8-21-14(24)2/h4-8,10-12H,3,9,13H2,1-2H3,(H,22,26). The van der Waals surface area contributed by atoms with Crippen molar-refractivity contribution in [3.63, 3.8) is 0 Å². The lowest BCUT2D eigenvalue weighted by atomic mass is 10.2. The molecule has 3 heterocycles. The molecule has 27 heavy (non-hydrogen) atoms. The molecule has 1 aromatic carbocycles. The first-order valence-electron chi connectivity index (χ1n) is 8.97. The van der Waals surface area contributed by atoms with E-state index in [-0.39, 0.29) is 5.91 Å². The predicted molar refractivity (Wildman–Crippen MR) is 108 cm³/mol. The van der Waals surface area contributed by atoms with E-state index >= 15 is 0 Å². The highest BCUT2D eigenvalue weighted by molar-refractivity contribution is 7.12. The number of carbonyl (C=O) groups excluding carboxylic acids is 1. The van der Waals surface area contributed by atoms with Crippen molar-refractivity contribution in [1.82, 2.24) is 19.1 Å². The zero-order valence-corrected chi connectivity index (χ0v) is 16.2. The van der Waals surface area contributed by atoms with Crippen molar-refractivity contribution in [2.75, 3.05) is 5.32 Å². The highest BCUT2D eigenvalue weighted by atomic mass is 32.1. The third-order valence-corrected chi connectivity index (χ3v) is 5.38. The molecule has 0 aliphatic heterocycles. The summed E-state index contributed by atoms with van der Waals surface area (Å²) in [6.07, 6.45) is 4.80. The van der Waals surface area contributed by atoms with Crippen LogP contribution in [-0.2, 0) is 13.1 Å². The van der Waals surface area contributed by atoms with Crippen LogP contribution < -0.4 is 5.32 Å². The second-order valence-electron chi connectivity index (χ2n) is 6.42. The maximum atomic E-state index is 12.3. The van der Waals surface area contributed by atoms with Gasteiger partial charge in [0.25, 0.3) is 5.91 Å². The molecule has 0 unspecified atom stereocenters. The van der Waals surface area contributed by atoms with Crippen LogP contribution in [0.5, 0.6) is 0 Å². The van der Waals surface area contributed by atoms with E-state index in [1.165, 1.54) is 11.3 Å². The van der Waals surface area contributed by atoms with E-state index in [4.69, 9.17) is 4.98 Å². The highest BCUT2D eigenvalue weighted by Crippen LogP contribution is 2.23. The number of carbonyl (C=O) groups is 1. The van der Waals surface area contributed by atoms with Crippen molar-refractivity contribution in [2.45, 2.75) is 33.4 Å². The van der Waals surface area contributed by atoms with Crippen LogP contribution in [-0.4, -0.2) is 25.0 Å². The molecular formula is C20H21N5OS. The van der Waals surface area contributed by atoms with Crippen LogP contribution in [0, 0.1) is 6.92 Å². The van der Waals surface area contributed by atoms with Crippen molar-refractivity contribution in [3.05, 3.63) is 64.6 Å². The molecule has 0 spiro atoms. The molecule has 0 aliphatic carbocycles. The molecule has 6 nitrogen and oxygen atoms in total. The number of fused-ring (bicyclic) bond motifs is 1. The van der Waals surface area contributed by atoms with E-state index in [0.717, 1.165) is 41.3 Å². The maximum absolute atomic E-state index is 12.3. The average Bonchev–Trinajstić information content (AvgIpc) is 3.38. The van der Waals surface area contributed by atoms with Crippen LogP contribution in [0.4, 0.5) is 5.69 Å². The van der Waals surface area contributed by atoms with Crippen LogP contribution in [0.1, 0.15) is 34.7 Å². The number of nitrogens with one attached hydrogen (secondary N) is 1. The smallest absolute Gasteiger partial charge is 0.265 e. The normalized spacial score (nSPS) is 11.2. The first-order chi connectivity index (χ1) is 13.2. The maximum Gasteiger partial charge on any atom is 0.265 e. The summed E-state index contributed by atoms with van der Waals surface area (Å²) in [6.45, 7) is 5.73. The molecule has 0 aliphatic rings. The number of hydrogen-bond donors (Lipinski definition) is 1. The van der Waals surface area contributed by atoms with Crippen molar-refractivity contribution in [3.8, 4) is 0 Å². The third kappa shape index (κ3) is 3.50. The zero-order valence-electron chi connectivity index (χ0n) is 15.3. The average molecular weight is 379 g/mol. The highest BCUT2D eigenvalue weighted by Gasteiger charge is 2.13. The van der Waals surface area contributed by atoms with Crippen molar-refractivity contribution < 1.29 is 4.79 Å². The van der Waals surface area contributed by atoms with Crippen LogP contribution in [0.2, 0.25) is 0 Å². The minimum absolute atomic E-state index is 0.0911. The SMILES string of the molecule is CCCn1c(Cn2ccnc2C)nc2cc(NC(=O)c3cccs3)ccc21. The molecule has 0 atom stereocenters. The lowest BCUT2D eigenvalue weighted by Crippen LogP contribution is -2.10. The van der Waals surface area contributed by atoms with E-state index in [0.29, 0.717) is 11.4 Å². The predicted octanol–water partition coefficient (Wildman–Crippen LogP) is 4.31. The van der Waals surface area contributed by atoms with Crippen LogP contribution >= 0.6 is 11.3 Å². The Morgan fingerprint density at radius 3 is 2.89 bits per heavy atom. The summed E-state index contributed by atoms with van der Waals surface area (Å²) in [5.41, 5.74) is 2.73. The molecule has 7 heteroatoms. The molecule has 4 rings (SSSR count). The van der Waals surface area contributed by atoms with E-state index < -0.39 is 0 Å². The van der Waals surface area contributed by atoms with Crippen LogP contribution in [0.25, 0.3) is 11.0 Å². The number of hydrogen-bond acceptors (Lipinski definition) is 4. The number of benzene rings is 1. The molecule has 0 radical (unpaired) electrons. The van der Waals surface area contributed by atoms with Gasteiger partial charge in [0.05, 0.1) is 22.5 Å². The Balaban J connectivity index is 1.67. The van der Waals surface area contributed by atoms with Gasteiger partial charge in [0, 0.05) is 24.6 Å². The summed E-state index contributed by atoms with van der Waals surface area (Å²) >= 11 is 1.43. The molecule has 0 saturated carbocycles. The topological polar surface area (TPSA) is 64.7 Å². The van der Waals surface area contributed by atoms with Crippen molar-refractivity contribution in [2.24, 2.45) is 0 Å². The summed E-state index contributed by atoms with van der Waals surface area (Å²) in [5, 5.41) is 4.86. The molecule has 138 valence electrons. The van der Waals surface area contributed by atoms with Gasteiger partial charge in [-0.1, -0.05) is 13.0 Å². The molecule has 3 aromatic heterocycles. The number of rotatable bonds is 6. The Hall–Kier alpha value is -2.93. The third-order valence-electron chi connectivity index (χ3n) is 4.51. The lowest BCUT2D eigenvalue weighted by molar-refractivity contribution is 0.103. The molecule has 1 N–H and O–H groups in total. The lowest BCUT2D eigenvalue weighted by Gasteiger charge is -2.09. The number of thiophene rings is 1. The monoisotopic (exact) mass is 379 g/mol. The Labute approximate surface area is 161 Å². The quantitative estimate of drug-likeness (QED) is 0.543. The second kappa shape index (κ2) is 7.36. The number of amides is 1. The Kier molecular flexibility index (Phi) is 4.77. The van der Waals surface area contributed by atoms with Gasteiger partial charge in [0.15, 0.2) is 0 Å². The summed E-state index contributed by atoms with van der Waals surface area (Å²) < 4.78 is 4.34. The number of nitrogens with zero attached hydrogens (tertiary/aromatic N) is 4. The van der Waals surface area contributed by atoms with Crippen molar-refractivity contribution >= 4 is 34.0 Å². The first kappa shape index (κ1) is 17.5.